The highest BCUT2D eigenvalue weighted by Crippen LogP contribution is 2.35. The molecule has 1 atom stereocenters. The normalized spacial score (nSPS) is 23.9. The first-order valence-corrected chi connectivity index (χ1v) is 6.16. The van der Waals surface area contributed by atoms with Crippen molar-refractivity contribution in [1.82, 2.24) is 0 Å². The topological polar surface area (TPSA) is 26.3 Å². The van der Waals surface area contributed by atoms with Crippen LogP contribution in [0.2, 0.25) is 0 Å². The van der Waals surface area contributed by atoms with Gasteiger partial charge in [-0.2, -0.15) is 0 Å². The van der Waals surface area contributed by atoms with Crippen LogP contribution in [0.1, 0.15) is 13.3 Å². The van der Waals surface area contributed by atoms with Gasteiger partial charge in [0.15, 0.2) is 0 Å². The van der Waals surface area contributed by atoms with E-state index < -0.39 is 5.41 Å². The second-order valence-electron chi connectivity index (χ2n) is 3.17. The van der Waals surface area contributed by atoms with Gasteiger partial charge in [0.25, 0.3) is 0 Å². The van der Waals surface area contributed by atoms with E-state index in [2.05, 4.69) is 0 Å². The maximum atomic E-state index is 11.8. The fourth-order valence-electron chi connectivity index (χ4n) is 1.45. The number of hydrogen-bond acceptors (Lipinski definition) is 4. The quantitative estimate of drug-likeness (QED) is 0.561. The summed E-state index contributed by atoms with van der Waals surface area (Å²) in [7, 11) is 1.40. The van der Waals surface area contributed by atoms with Crippen molar-refractivity contribution in [2.75, 3.05) is 12.9 Å². The van der Waals surface area contributed by atoms with Crippen LogP contribution in [0, 0.1) is 5.41 Å². The number of allylic oxidation sites excluding steroid dienone is 3. The molecule has 0 heterocycles. The molecule has 1 aliphatic carbocycles. The predicted molar refractivity (Wildman–Crippen MR) is 68.1 cm³/mol. The van der Waals surface area contributed by atoms with Crippen LogP contribution in [-0.4, -0.2) is 23.0 Å². The van der Waals surface area contributed by atoms with Crippen molar-refractivity contribution >= 4 is 34.1 Å². The lowest BCUT2D eigenvalue weighted by atomic mass is 9.83. The van der Waals surface area contributed by atoms with Crippen molar-refractivity contribution in [3.8, 4) is 0 Å². The van der Waals surface area contributed by atoms with Crippen LogP contribution in [-0.2, 0) is 9.53 Å². The smallest absolute Gasteiger partial charge is 0.321 e. The number of rotatable bonds is 3. The zero-order chi connectivity index (χ0) is 11.3. The summed E-state index contributed by atoms with van der Waals surface area (Å²) in [6, 6.07) is 0. The molecule has 0 spiro atoms. The van der Waals surface area contributed by atoms with Gasteiger partial charge < -0.3 is 4.74 Å². The molecule has 1 aliphatic rings. The molecule has 0 aromatic heterocycles. The Balaban J connectivity index is 2.96. The van der Waals surface area contributed by atoms with Gasteiger partial charge in [-0.05, 0) is 12.2 Å². The molecule has 1 unspecified atom stereocenters. The van der Waals surface area contributed by atoms with Gasteiger partial charge in [-0.1, -0.05) is 43.4 Å². The molecular formula is C11H14O2S2. The Kier molecular flexibility index (Phi) is 4.54. The number of hydrogen-bond donors (Lipinski definition) is 0. The van der Waals surface area contributed by atoms with Gasteiger partial charge in [-0.15, -0.1) is 11.8 Å². The Morgan fingerprint density at radius 1 is 1.60 bits per heavy atom. The van der Waals surface area contributed by atoms with E-state index in [0.717, 1.165) is 5.75 Å². The molecule has 0 saturated carbocycles. The Morgan fingerprint density at radius 2 is 2.33 bits per heavy atom. The lowest BCUT2D eigenvalue weighted by Gasteiger charge is -2.28. The first-order valence-electron chi connectivity index (χ1n) is 4.77. The maximum absolute atomic E-state index is 11.8. The standard InChI is InChI=1S/C11H14O2S2/c1-3-15-10(14)11(9(12)13-2)7-5-4-6-8-11/h4-7H,3,8H2,1-2H3. The number of ether oxygens (including phenoxy) is 1. The molecule has 0 radical (unpaired) electrons. The van der Waals surface area contributed by atoms with Crippen LogP contribution in [0.5, 0.6) is 0 Å². The molecule has 2 nitrogen and oxygen atoms in total. The number of thioether (sulfide) groups is 1. The third kappa shape index (κ3) is 2.49. The van der Waals surface area contributed by atoms with E-state index >= 15 is 0 Å². The van der Waals surface area contributed by atoms with Crippen molar-refractivity contribution in [3.63, 3.8) is 0 Å². The van der Waals surface area contributed by atoms with Crippen LogP contribution < -0.4 is 0 Å². The Labute approximate surface area is 99.8 Å². The summed E-state index contributed by atoms with van der Waals surface area (Å²) in [5, 5.41) is 0. The summed E-state index contributed by atoms with van der Waals surface area (Å²) in [4.78, 5) is 11.8. The average molecular weight is 242 g/mol. The molecule has 0 aromatic carbocycles. The van der Waals surface area contributed by atoms with E-state index in [1.807, 2.05) is 31.2 Å². The van der Waals surface area contributed by atoms with Crippen molar-refractivity contribution in [2.45, 2.75) is 13.3 Å². The highest BCUT2D eigenvalue weighted by atomic mass is 32.2. The zero-order valence-electron chi connectivity index (χ0n) is 8.86. The molecule has 15 heavy (non-hydrogen) atoms. The molecule has 0 aromatic rings. The molecule has 82 valence electrons. The molecule has 0 amide bonds. The third-order valence-electron chi connectivity index (χ3n) is 2.26. The van der Waals surface area contributed by atoms with E-state index in [4.69, 9.17) is 17.0 Å². The van der Waals surface area contributed by atoms with Crippen molar-refractivity contribution in [2.24, 2.45) is 5.41 Å². The number of methoxy groups -OCH3 is 1. The van der Waals surface area contributed by atoms with Crippen molar-refractivity contribution in [1.29, 1.82) is 0 Å². The summed E-state index contributed by atoms with van der Waals surface area (Å²) < 4.78 is 5.53. The average Bonchev–Trinajstić information content (AvgIpc) is 2.29. The minimum atomic E-state index is -0.737. The van der Waals surface area contributed by atoms with Gasteiger partial charge in [-0.25, -0.2) is 0 Å². The molecule has 0 bridgehead atoms. The molecule has 0 aliphatic heterocycles. The van der Waals surface area contributed by atoms with E-state index in [1.165, 1.54) is 18.9 Å². The third-order valence-corrected chi connectivity index (χ3v) is 3.89. The fourth-order valence-corrected chi connectivity index (χ4v) is 2.79. The van der Waals surface area contributed by atoms with Gasteiger partial charge in [0.05, 0.1) is 11.3 Å². The molecule has 0 saturated heterocycles. The van der Waals surface area contributed by atoms with E-state index in [0.29, 0.717) is 10.6 Å². The molecule has 0 fully saturated rings. The van der Waals surface area contributed by atoms with Crippen molar-refractivity contribution < 1.29 is 9.53 Å². The van der Waals surface area contributed by atoms with Gasteiger partial charge >= 0.3 is 5.97 Å². The predicted octanol–water partition coefficient (Wildman–Crippen LogP) is 2.74. The Hall–Kier alpha value is -0.610. The van der Waals surface area contributed by atoms with E-state index in [9.17, 15) is 4.79 Å². The first kappa shape index (κ1) is 12.5. The highest BCUT2D eigenvalue weighted by molar-refractivity contribution is 8.23. The van der Waals surface area contributed by atoms with Gasteiger partial charge in [0.2, 0.25) is 0 Å². The molecule has 1 rings (SSSR count). The summed E-state index contributed by atoms with van der Waals surface area (Å²) in [6.07, 6.45) is 8.15. The lowest BCUT2D eigenvalue weighted by molar-refractivity contribution is -0.146. The van der Waals surface area contributed by atoms with E-state index in [-0.39, 0.29) is 5.97 Å². The monoisotopic (exact) mass is 242 g/mol. The number of carbonyl (C=O) groups is 1. The van der Waals surface area contributed by atoms with Crippen LogP contribution in [0.15, 0.2) is 24.3 Å². The van der Waals surface area contributed by atoms with Crippen LogP contribution >= 0.6 is 24.0 Å². The summed E-state index contributed by atoms with van der Waals surface area (Å²) >= 11 is 6.83. The second kappa shape index (κ2) is 5.47. The van der Waals surface area contributed by atoms with Crippen molar-refractivity contribution in [3.05, 3.63) is 24.3 Å². The maximum Gasteiger partial charge on any atom is 0.321 e. The SMILES string of the molecule is CCSC(=S)C1(C(=O)OC)C=CC=CC1. The number of carbonyl (C=O) groups excluding carboxylic acids is 1. The molecular weight excluding hydrogens is 228 g/mol. The zero-order valence-corrected chi connectivity index (χ0v) is 10.5. The minimum Gasteiger partial charge on any atom is -0.468 e. The largest absolute Gasteiger partial charge is 0.468 e. The van der Waals surface area contributed by atoms with Gasteiger partial charge in [0, 0.05) is 0 Å². The Morgan fingerprint density at radius 3 is 2.80 bits per heavy atom. The fraction of sp³-hybridized carbons (Fsp3) is 0.455. The number of esters is 1. The number of thiocarbonyl (C=S) groups is 1. The Bertz CT molecular complexity index is 321. The van der Waals surface area contributed by atoms with Crippen LogP contribution in [0.3, 0.4) is 0 Å². The first-order chi connectivity index (χ1) is 7.17. The van der Waals surface area contributed by atoms with Crippen LogP contribution in [0.4, 0.5) is 0 Å². The summed E-state index contributed by atoms with van der Waals surface area (Å²) in [6.45, 7) is 2.02. The lowest BCUT2D eigenvalue weighted by Crippen LogP contribution is -2.36. The minimum absolute atomic E-state index is 0.269. The highest BCUT2D eigenvalue weighted by Gasteiger charge is 2.41. The summed E-state index contributed by atoms with van der Waals surface area (Å²) in [5.74, 6) is 0.601. The molecule has 0 N–H and O–H groups in total. The van der Waals surface area contributed by atoms with Crippen LogP contribution in [0.25, 0.3) is 0 Å². The van der Waals surface area contributed by atoms with Gasteiger partial charge in [-0.3, -0.25) is 4.79 Å². The summed E-state index contributed by atoms with van der Waals surface area (Å²) in [5.41, 5.74) is -0.737. The molecule has 4 heteroatoms. The second-order valence-corrected chi connectivity index (χ2v) is 5.12. The van der Waals surface area contributed by atoms with E-state index in [1.54, 1.807) is 0 Å². The van der Waals surface area contributed by atoms with Gasteiger partial charge in [0.1, 0.15) is 5.41 Å².